The molecule has 1 aromatic rings. The zero-order valence-corrected chi connectivity index (χ0v) is 11.0. The molecule has 2 N–H and O–H groups in total. The van der Waals surface area contributed by atoms with Crippen LogP contribution in [0.4, 0.5) is 6.01 Å². The van der Waals surface area contributed by atoms with Crippen molar-refractivity contribution in [2.24, 2.45) is 0 Å². The van der Waals surface area contributed by atoms with Crippen molar-refractivity contribution < 1.29 is 14.3 Å². The number of nitrogens with zero attached hydrogens (tertiary/aromatic N) is 2. The van der Waals surface area contributed by atoms with Crippen LogP contribution in [0.15, 0.2) is 4.42 Å². The van der Waals surface area contributed by atoms with E-state index in [0.29, 0.717) is 11.8 Å². The van der Waals surface area contributed by atoms with Crippen molar-refractivity contribution >= 4 is 6.01 Å². The van der Waals surface area contributed by atoms with Crippen molar-refractivity contribution in [1.82, 2.24) is 9.88 Å². The second kappa shape index (κ2) is 6.06. The fraction of sp³-hybridized carbons (Fsp3) is 0.750. The van der Waals surface area contributed by atoms with E-state index in [2.05, 4.69) is 15.2 Å². The standard InChI is InChI=1S/C12H21N3O3/c1-9(2)10-11(16)14-12(18-10)13-3-4-15-5-7-17-8-6-15/h9,16H,3-8H2,1-2H3,(H,13,14). The van der Waals surface area contributed by atoms with Crippen molar-refractivity contribution in [3.63, 3.8) is 0 Å². The topological polar surface area (TPSA) is 70.8 Å². The van der Waals surface area contributed by atoms with E-state index in [1.54, 1.807) is 0 Å². The molecule has 0 atom stereocenters. The zero-order valence-electron chi connectivity index (χ0n) is 11.0. The molecule has 18 heavy (non-hydrogen) atoms. The molecule has 0 unspecified atom stereocenters. The SMILES string of the molecule is CC(C)c1oc(NCCN2CCOCC2)nc1O. The van der Waals surface area contributed by atoms with Crippen molar-refractivity contribution in [1.29, 1.82) is 0 Å². The summed E-state index contributed by atoms with van der Waals surface area (Å²) in [5.41, 5.74) is 0. The van der Waals surface area contributed by atoms with Crippen LogP contribution < -0.4 is 5.32 Å². The van der Waals surface area contributed by atoms with Crippen molar-refractivity contribution in [2.45, 2.75) is 19.8 Å². The number of rotatable bonds is 5. The molecule has 0 radical (unpaired) electrons. The van der Waals surface area contributed by atoms with Crippen LogP contribution in [-0.4, -0.2) is 54.4 Å². The van der Waals surface area contributed by atoms with E-state index in [9.17, 15) is 5.11 Å². The Morgan fingerprint density at radius 3 is 2.72 bits per heavy atom. The highest BCUT2D eigenvalue weighted by molar-refractivity contribution is 5.30. The monoisotopic (exact) mass is 255 g/mol. The van der Waals surface area contributed by atoms with E-state index in [4.69, 9.17) is 9.15 Å². The summed E-state index contributed by atoms with van der Waals surface area (Å²) in [6, 6.07) is 0.393. The molecule has 2 rings (SSSR count). The molecule has 102 valence electrons. The molecule has 0 aromatic carbocycles. The van der Waals surface area contributed by atoms with Gasteiger partial charge in [-0.3, -0.25) is 4.90 Å². The van der Waals surface area contributed by atoms with Gasteiger partial charge in [-0.2, -0.15) is 4.98 Å². The maximum Gasteiger partial charge on any atom is 0.298 e. The Balaban J connectivity index is 1.77. The van der Waals surface area contributed by atoms with Crippen LogP contribution in [0.3, 0.4) is 0 Å². The molecule has 1 saturated heterocycles. The van der Waals surface area contributed by atoms with Gasteiger partial charge in [-0.1, -0.05) is 13.8 Å². The molecule has 0 aliphatic carbocycles. The summed E-state index contributed by atoms with van der Waals surface area (Å²) in [5.74, 6) is 0.648. The summed E-state index contributed by atoms with van der Waals surface area (Å²) in [5, 5.41) is 12.7. The van der Waals surface area contributed by atoms with Crippen molar-refractivity contribution in [3.05, 3.63) is 5.76 Å². The van der Waals surface area contributed by atoms with Gasteiger partial charge in [0.25, 0.3) is 11.9 Å². The Labute approximate surface area is 107 Å². The number of ether oxygens (including phenoxy) is 1. The first-order valence-corrected chi connectivity index (χ1v) is 6.40. The normalized spacial score (nSPS) is 17.3. The average Bonchev–Trinajstić information content (AvgIpc) is 2.72. The van der Waals surface area contributed by atoms with Crippen LogP contribution in [0.2, 0.25) is 0 Å². The predicted molar refractivity (Wildman–Crippen MR) is 68.0 cm³/mol. The number of hydrogen-bond acceptors (Lipinski definition) is 6. The molecule has 6 heteroatoms. The molecule has 2 heterocycles. The second-order valence-corrected chi connectivity index (χ2v) is 4.74. The summed E-state index contributed by atoms with van der Waals surface area (Å²) in [4.78, 5) is 6.27. The van der Waals surface area contributed by atoms with E-state index in [0.717, 1.165) is 39.4 Å². The van der Waals surface area contributed by atoms with Gasteiger partial charge in [-0.05, 0) is 0 Å². The minimum Gasteiger partial charge on any atom is -0.491 e. The third-order valence-corrected chi connectivity index (χ3v) is 2.97. The maximum atomic E-state index is 9.58. The second-order valence-electron chi connectivity index (χ2n) is 4.74. The van der Waals surface area contributed by atoms with E-state index < -0.39 is 0 Å². The fourth-order valence-electron chi connectivity index (χ4n) is 1.92. The number of anilines is 1. The molecule has 0 spiro atoms. The first kappa shape index (κ1) is 13.2. The number of hydrogen-bond donors (Lipinski definition) is 2. The van der Waals surface area contributed by atoms with Gasteiger partial charge in [0, 0.05) is 32.1 Å². The quantitative estimate of drug-likeness (QED) is 0.825. The number of aromatic nitrogens is 1. The smallest absolute Gasteiger partial charge is 0.298 e. The largest absolute Gasteiger partial charge is 0.491 e. The lowest BCUT2D eigenvalue weighted by Gasteiger charge is -2.26. The Bertz CT molecular complexity index is 373. The van der Waals surface area contributed by atoms with Gasteiger partial charge in [0.15, 0.2) is 5.76 Å². The minimum absolute atomic E-state index is 0.0149. The first-order valence-electron chi connectivity index (χ1n) is 6.40. The van der Waals surface area contributed by atoms with Crippen LogP contribution in [-0.2, 0) is 4.74 Å². The molecule has 1 fully saturated rings. The van der Waals surface area contributed by atoms with Gasteiger partial charge in [0.05, 0.1) is 13.2 Å². The van der Waals surface area contributed by atoms with E-state index in [1.165, 1.54) is 0 Å². The van der Waals surface area contributed by atoms with Gasteiger partial charge in [-0.15, -0.1) is 0 Å². The molecular formula is C12H21N3O3. The van der Waals surface area contributed by atoms with Gasteiger partial charge < -0.3 is 19.6 Å². The van der Waals surface area contributed by atoms with Crippen LogP contribution in [0.1, 0.15) is 25.5 Å². The van der Waals surface area contributed by atoms with Gasteiger partial charge >= 0.3 is 0 Å². The van der Waals surface area contributed by atoms with Crippen LogP contribution in [0, 0.1) is 0 Å². The number of morpholine rings is 1. The van der Waals surface area contributed by atoms with Crippen LogP contribution in [0.25, 0.3) is 0 Å². The van der Waals surface area contributed by atoms with Crippen molar-refractivity contribution in [2.75, 3.05) is 44.7 Å². The number of aromatic hydroxyl groups is 1. The Hall–Kier alpha value is -1.27. The molecular weight excluding hydrogens is 234 g/mol. The summed E-state index contributed by atoms with van der Waals surface area (Å²) in [6.07, 6.45) is 0. The number of nitrogens with one attached hydrogen (secondary N) is 1. The van der Waals surface area contributed by atoms with Gasteiger partial charge in [0.2, 0.25) is 0 Å². The summed E-state index contributed by atoms with van der Waals surface area (Å²) in [6.45, 7) is 9.12. The summed E-state index contributed by atoms with van der Waals surface area (Å²) in [7, 11) is 0. The third kappa shape index (κ3) is 3.36. The average molecular weight is 255 g/mol. The molecule has 1 aliphatic rings. The van der Waals surface area contributed by atoms with Crippen LogP contribution >= 0.6 is 0 Å². The summed E-state index contributed by atoms with van der Waals surface area (Å²) >= 11 is 0. The lowest BCUT2D eigenvalue weighted by atomic mass is 10.2. The molecule has 1 aliphatic heterocycles. The zero-order chi connectivity index (χ0) is 13.0. The highest BCUT2D eigenvalue weighted by atomic mass is 16.5. The lowest BCUT2D eigenvalue weighted by molar-refractivity contribution is 0.0398. The third-order valence-electron chi connectivity index (χ3n) is 2.97. The molecule has 1 aromatic heterocycles. The summed E-state index contributed by atoms with van der Waals surface area (Å²) < 4.78 is 10.7. The van der Waals surface area contributed by atoms with Gasteiger partial charge in [-0.25, -0.2) is 0 Å². The lowest BCUT2D eigenvalue weighted by Crippen LogP contribution is -2.39. The maximum absolute atomic E-state index is 9.58. The Morgan fingerprint density at radius 2 is 2.11 bits per heavy atom. The van der Waals surface area contributed by atoms with Gasteiger partial charge in [0.1, 0.15) is 0 Å². The molecule has 0 amide bonds. The fourth-order valence-corrected chi connectivity index (χ4v) is 1.92. The highest BCUT2D eigenvalue weighted by Gasteiger charge is 2.15. The highest BCUT2D eigenvalue weighted by Crippen LogP contribution is 2.27. The minimum atomic E-state index is -0.0149. The first-order chi connectivity index (χ1) is 8.66. The van der Waals surface area contributed by atoms with E-state index >= 15 is 0 Å². The Morgan fingerprint density at radius 1 is 1.39 bits per heavy atom. The molecule has 0 bridgehead atoms. The Kier molecular flexibility index (Phi) is 4.43. The molecule has 0 saturated carbocycles. The van der Waals surface area contributed by atoms with Crippen molar-refractivity contribution in [3.8, 4) is 5.88 Å². The molecule has 6 nitrogen and oxygen atoms in total. The number of oxazole rings is 1. The van der Waals surface area contributed by atoms with E-state index in [-0.39, 0.29) is 11.8 Å². The van der Waals surface area contributed by atoms with E-state index in [1.807, 2.05) is 13.8 Å². The van der Waals surface area contributed by atoms with Crippen LogP contribution in [0.5, 0.6) is 5.88 Å². The predicted octanol–water partition coefficient (Wildman–Crippen LogP) is 1.25.